The van der Waals surface area contributed by atoms with Crippen molar-refractivity contribution in [1.29, 1.82) is 0 Å². The molecule has 2 aromatic carbocycles. The second-order valence-corrected chi connectivity index (χ2v) is 5.15. The Bertz CT molecular complexity index is 617. The summed E-state index contributed by atoms with van der Waals surface area (Å²) in [5.41, 5.74) is 2.60. The van der Waals surface area contributed by atoms with E-state index in [0.29, 0.717) is 0 Å². The minimum atomic E-state index is 0.884. The Kier molecular flexibility index (Phi) is 4.67. The van der Waals surface area contributed by atoms with E-state index in [-0.39, 0.29) is 0 Å². The SMILES string of the molecule is COc1ccc2ccc(OC)c(CCC=C(C)C)c2c1. The van der Waals surface area contributed by atoms with E-state index >= 15 is 0 Å². The first-order valence-electron chi connectivity index (χ1n) is 6.92. The first-order valence-corrected chi connectivity index (χ1v) is 6.92. The Morgan fingerprint density at radius 1 is 1.05 bits per heavy atom. The average Bonchev–Trinajstić information content (AvgIpc) is 2.46. The number of hydrogen-bond donors (Lipinski definition) is 0. The Morgan fingerprint density at radius 2 is 1.80 bits per heavy atom. The lowest BCUT2D eigenvalue weighted by molar-refractivity contribution is 0.410. The van der Waals surface area contributed by atoms with Crippen LogP contribution in [0.1, 0.15) is 25.8 Å². The predicted octanol–water partition coefficient (Wildman–Crippen LogP) is 4.76. The molecule has 2 nitrogen and oxygen atoms in total. The molecular formula is C18H22O2. The summed E-state index contributed by atoms with van der Waals surface area (Å²) in [4.78, 5) is 0. The molecule has 0 aliphatic carbocycles. The van der Waals surface area contributed by atoms with E-state index in [9.17, 15) is 0 Å². The zero-order valence-corrected chi connectivity index (χ0v) is 12.7. The van der Waals surface area contributed by atoms with Gasteiger partial charge in [-0.2, -0.15) is 0 Å². The summed E-state index contributed by atoms with van der Waals surface area (Å²) in [6, 6.07) is 10.3. The standard InChI is InChI=1S/C18H22O2/c1-13(2)6-5-7-16-17-12-15(19-3)10-8-14(17)9-11-18(16)20-4/h6,8-12H,5,7H2,1-4H3. The van der Waals surface area contributed by atoms with Crippen molar-refractivity contribution in [3.63, 3.8) is 0 Å². The topological polar surface area (TPSA) is 18.5 Å². The van der Waals surface area contributed by atoms with Gasteiger partial charge in [0.05, 0.1) is 14.2 Å². The summed E-state index contributed by atoms with van der Waals surface area (Å²) in [6.07, 6.45) is 4.26. The summed E-state index contributed by atoms with van der Waals surface area (Å²) in [5, 5.41) is 2.43. The lowest BCUT2D eigenvalue weighted by atomic mass is 9.99. The first-order chi connectivity index (χ1) is 9.65. The van der Waals surface area contributed by atoms with E-state index in [1.165, 1.54) is 21.9 Å². The number of ether oxygens (including phenoxy) is 2. The Hall–Kier alpha value is -1.96. The van der Waals surface area contributed by atoms with Gasteiger partial charge in [0.1, 0.15) is 11.5 Å². The first kappa shape index (κ1) is 14.4. The van der Waals surface area contributed by atoms with Gasteiger partial charge < -0.3 is 9.47 Å². The molecule has 0 aliphatic rings. The van der Waals surface area contributed by atoms with Gasteiger partial charge in [-0.15, -0.1) is 0 Å². The maximum atomic E-state index is 5.52. The van der Waals surface area contributed by atoms with Crippen LogP contribution in [0.3, 0.4) is 0 Å². The highest BCUT2D eigenvalue weighted by atomic mass is 16.5. The van der Waals surface area contributed by atoms with Crippen molar-refractivity contribution in [2.24, 2.45) is 0 Å². The molecule has 0 radical (unpaired) electrons. The van der Waals surface area contributed by atoms with E-state index in [2.05, 4.69) is 38.1 Å². The van der Waals surface area contributed by atoms with Crippen LogP contribution in [-0.2, 0) is 6.42 Å². The van der Waals surface area contributed by atoms with Gasteiger partial charge in [-0.05, 0) is 55.7 Å². The summed E-state index contributed by atoms with van der Waals surface area (Å²) >= 11 is 0. The third kappa shape index (κ3) is 3.13. The van der Waals surface area contributed by atoms with E-state index in [4.69, 9.17) is 9.47 Å². The van der Waals surface area contributed by atoms with Crippen molar-refractivity contribution in [2.45, 2.75) is 26.7 Å². The minimum absolute atomic E-state index is 0.884. The van der Waals surface area contributed by atoms with E-state index < -0.39 is 0 Å². The highest BCUT2D eigenvalue weighted by molar-refractivity contribution is 5.89. The van der Waals surface area contributed by atoms with Crippen LogP contribution in [0.2, 0.25) is 0 Å². The predicted molar refractivity (Wildman–Crippen MR) is 84.8 cm³/mol. The number of allylic oxidation sites excluding steroid dienone is 2. The zero-order valence-electron chi connectivity index (χ0n) is 12.7. The molecule has 106 valence electrons. The molecule has 0 bridgehead atoms. The third-order valence-corrected chi connectivity index (χ3v) is 3.46. The summed E-state index contributed by atoms with van der Waals surface area (Å²) in [7, 11) is 3.43. The van der Waals surface area contributed by atoms with Crippen LogP contribution in [-0.4, -0.2) is 14.2 Å². The van der Waals surface area contributed by atoms with Gasteiger partial charge >= 0.3 is 0 Å². The smallest absolute Gasteiger partial charge is 0.122 e. The highest BCUT2D eigenvalue weighted by Gasteiger charge is 2.08. The molecule has 0 saturated heterocycles. The van der Waals surface area contributed by atoms with Gasteiger partial charge in [0.15, 0.2) is 0 Å². The van der Waals surface area contributed by atoms with Crippen molar-refractivity contribution in [3.8, 4) is 11.5 Å². The molecule has 2 aromatic rings. The number of rotatable bonds is 5. The normalized spacial score (nSPS) is 10.4. The second-order valence-electron chi connectivity index (χ2n) is 5.15. The molecule has 20 heavy (non-hydrogen) atoms. The molecule has 0 amide bonds. The molecule has 0 aliphatic heterocycles. The average molecular weight is 270 g/mol. The molecule has 0 N–H and O–H groups in total. The number of benzene rings is 2. The largest absolute Gasteiger partial charge is 0.497 e. The van der Waals surface area contributed by atoms with Gasteiger partial charge in [-0.25, -0.2) is 0 Å². The number of methoxy groups -OCH3 is 2. The highest BCUT2D eigenvalue weighted by Crippen LogP contribution is 2.31. The second kappa shape index (κ2) is 6.47. The summed E-state index contributed by atoms with van der Waals surface area (Å²) in [6.45, 7) is 4.26. The van der Waals surface area contributed by atoms with Crippen LogP contribution in [0.15, 0.2) is 42.0 Å². The lowest BCUT2D eigenvalue weighted by Crippen LogP contribution is -1.94. The van der Waals surface area contributed by atoms with E-state index in [1.54, 1.807) is 14.2 Å². The van der Waals surface area contributed by atoms with Crippen LogP contribution in [0.4, 0.5) is 0 Å². The molecule has 0 aromatic heterocycles. The van der Waals surface area contributed by atoms with Gasteiger partial charge in [0, 0.05) is 5.56 Å². The molecule has 2 heteroatoms. The molecule has 0 fully saturated rings. The fourth-order valence-corrected chi connectivity index (χ4v) is 2.42. The molecule has 2 rings (SSSR count). The van der Waals surface area contributed by atoms with E-state index in [1.807, 2.05) is 12.1 Å². The zero-order chi connectivity index (χ0) is 14.5. The van der Waals surface area contributed by atoms with Crippen LogP contribution in [0.5, 0.6) is 11.5 Å². The quantitative estimate of drug-likeness (QED) is 0.729. The van der Waals surface area contributed by atoms with Gasteiger partial charge in [0.25, 0.3) is 0 Å². The third-order valence-electron chi connectivity index (χ3n) is 3.46. The van der Waals surface area contributed by atoms with Gasteiger partial charge in [-0.1, -0.05) is 23.8 Å². The summed E-state index contributed by atoms with van der Waals surface area (Å²) in [5.74, 6) is 1.84. The Labute approximate surface area is 121 Å². The van der Waals surface area contributed by atoms with Crippen LogP contribution in [0.25, 0.3) is 10.8 Å². The molecular weight excluding hydrogens is 248 g/mol. The Morgan fingerprint density at radius 3 is 2.45 bits per heavy atom. The van der Waals surface area contributed by atoms with Gasteiger partial charge in [0.2, 0.25) is 0 Å². The number of fused-ring (bicyclic) bond motifs is 1. The van der Waals surface area contributed by atoms with E-state index in [0.717, 1.165) is 24.3 Å². The minimum Gasteiger partial charge on any atom is -0.497 e. The van der Waals surface area contributed by atoms with Crippen LogP contribution < -0.4 is 9.47 Å². The molecule has 0 heterocycles. The fourth-order valence-electron chi connectivity index (χ4n) is 2.42. The van der Waals surface area contributed by atoms with Crippen molar-refractivity contribution in [3.05, 3.63) is 47.5 Å². The fraction of sp³-hybridized carbons (Fsp3) is 0.333. The Balaban J connectivity index is 2.48. The maximum Gasteiger partial charge on any atom is 0.122 e. The van der Waals surface area contributed by atoms with Crippen molar-refractivity contribution < 1.29 is 9.47 Å². The number of hydrogen-bond acceptors (Lipinski definition) is 2. The number of aryl methyl sites for hydroxylation is 1. The molecule has 0 atom stereocenters. The molecule has 0 saturated carbocycles. The monoisotopic (exact) mass is 270 g/mol. The molecule has 0 spiro atoms. The lowest BCUT2D eigenvalue weighted by Gasteiger charge is -2.12. The van der Waals surface area contributed by atoms with Crippen molar-refractivity contribution >= 4 is 10.8 Å². The van der Waals surface area contributed by atoms with Crippen molar-refractivity contribution in [1.82, 2.24) is 0 Å². The summed E-state index contributed by atoms with van der Waals surface area (Å²) < 4.78 is 10.9. The van der Waals surface area contributed by atoms with Crippen molar-refractivity contribution in [2.75, 3.05) is 14.2 Å². The molecule has 0 unspecified atom stereocenters. The van der Waals surface area contributed by atoms with Crippen LogP contribution >= 0.6 is 0 Å². The maximum absolute atomic E-state index is 5.52. The van der Waals surface area contributed by atoms with Crippen LogP contribution in [0, 0.1) is 0 Å². The van der Waals surface area contributed by atoms with Gasteiger partial charge in [-0.3, -0.25) is 0 Å².